The molecule has 2 aromatic rings. The number of nitrogens with zero attached hydrogens (tertiary/aromatic N) is 6. The maximum absolute atomic E-state index is 5.48. The third-order valence-electron chi connectivity index (χ3n) is 1.84. The molecule has 100 valence electrons. The third-order valence-corrected chi connectivity index (χ3v) is 3.47. The van der Waals surface area contributed by atoms with Crippen LogP contribution in [0, 0.1) is 0 Å². The molecule has 0 radical (unpaired) electrons. The minimum absolute atomic E-state index is 0.650. The van der Waals surface area contributed by atoms with Crippen molar-refractivity contribution in [3.63, 3.8) is 0 Å². The predicted octanol–water partition coefficient (Wildman–Crippen LogP) is 0.958. The number of hydrogen-bond donors (Lipinski definition) is 0. The van der Waals surface area contributed by atoms with Gasteiger partial charge in [0.15, 0.2) is 0 Å². The summed E-state index contributed by atoms with van der Waals surface area (Å²) in [4.78, 5) is 8.12. The lowest BCUT2D eigenvalue weighted by molar-refractivity contribution is 0.167. The minimum atomic E-state index is 0.650. The zero-order chi connectivity index (χ0) is 13.2. The Labute approximate surface area is 119 Å². The Morgan fingerprint density at radius 3 is 1.74 bits per heavy atom. The molecule has 0 aliphatic rings. The first-order valence-corrected chi connectivity index (χ1v) is 7.53. The second-order valence-electron chi connectivity index (χ2n) is 3.16. The monoisotopic (exact) mass is 296 g/mol. The van der Waals surface area contributed by atoms with E-state index in [4.69, 9.17) is 4.74 Å². The number of aromatic nitrogens is 6. The maximum atomic E-state index is 5.48. The van der Waals surface area contributed by atoms with Crippen LogP contribution in [-0.4, -0.2) is 55.1 Å². The molecule has 2 aromatic heterocycles. The van der Waals surface area contributed by atoms with Crippen LogP contribution < -0.4 is 0 Å². The Morgan fingerprint density at radius 2 is 1.32 bits per heavy atom. The van der Waals surface area contributed by atoms with Crippen molar-refractivity contribution in [1.29, 1.82) is 0 Å². The summed E-state index contributed by atoms with van der Waals surface area (Å²) in [5.41, 5.74) is 0. The van der Waals surface area contributed by atoms with Crippen LogP contribution in [0.15, 0.2) is 35.1 Å². The molecule has 0 spiro atoms. The highest BCUT2D eigenvalue weighted by molar-refractivity contribution is 7.99. The van der Waals surface area contributed by atoms with Gasteiger partial charge in [0.2, 0.25) is 10.3 Å². The molecule has 0 amide bonds. The molecule has 0 aliphatic heterocycles. The van der Waals surface area contributed by atoms with Gasteiger partial charge in [-0.1, -0.05) is 23.5 Å². The highest BCUT2D eigenvalue weighted by Crippen LogP contribution is 2.11. The maximum Gasteiger partial charge on any atom is 0.209 e. The predicted molar refractivity (Wildman–Crippen MR) is 71.9 cm³/mol. The second-order valence-corrected chi connectivity index (χ2v) is 5.28. The van der Waals surface area contributed by atoms with Crippen LogP contribution in [0.4, 0.5) is 0 Å². The van der Waals surface area contributed by atoms with Gasteiger partial charge in [0.05, 0.1) is 38.0 Å². The Kier molecular flexibility index (Phi) is 6.47. The molecule has 2 heterocycles. The lowest BCUT2D eigenvalue weighted by atomic mass is 10.8. The Hall–Kier alpha value is -1.32. The van der Waals surface area contributed by atoms with E-state index < -0.39 is 0 Å². The molecule has 0 atom stereocenters. The fourth-order valence-corrected chi connectivity index (χ4v) is 2.34. The standard InChI is InChI=1S/C10H12N6OS2/c1-3-13-15-9(11-1)18-7-5-17-6-8-19-10-12-2-4-14-16-10/h1-4H,5-8H2. The van der Waals surface area contributed by atoms with Crippen molar-refractivity contribution in [2.75, 3.05) is 24.7 Å². The number of hydrogen-bond acceptors (Lipinski definition) is 9. The zero-order valence-electron chi connectivity index (χ0n) is 10.0. The number of ether oxygens (including phenoxy) is 1. The Bertz CT molecular complexity index is 417. The van der Waals surface area contributed by atoms with Crippen molar-refractivity contribution in [2.45, 2.75) is 10.3 Å². The minimum Gasteiger partial charge on any atom is -0.380 e. The smallest absolute Gasteiger partial charge is 0.209 e. The van der Waals surface area contributed by atoms with Gasteiger partial charge in [0, 0.05) is 11.5 Å². The fraction of sp³-hybridized carbons (Fsp3) is 0.400. The van der Waals surface area contributed by atoms with Crippen molar-refractivity contribution in [3.05, 3.63) is 24.8 Å². The SMILES string of the molecule is c1cnc(SCCOCCSc2nccnn2)nn1. The third kappa shape index (κ3) is 5.90. The first-order chi connectivity index (χ1) is 9.45. The quantitative estimate of drug-likeness (QED) is 0.522. The van der Waals surface area contributed by atoms with Gasteiger partial charge in [-0.05, 0) is 0 Å². The van der Waals surface area contributed by atoms with Crippen LogP contribution in [-0.2, 0) is 4.74 Å². The molecule has 19 heavy (non-hydrogen) atoms. The van der Waals surface area contributed by atoms with Gasteiger partial charge < -0.3 is 4.74 Å². The summed E-state index contributed by atoms with van der Waals surface area (Å²) in [6.07, 6.45) is 6.36. The van der Waals surface area contributed by atoms with E-state index in [0.29, 0.717) is 23.5 Å². The lowest BCUT2D eigenvalue weighted by Gasteiger charge is -2.02. The average Bonchev–Trinajstić information content (AvgIpc) is 2.48. The van der Waals surface area contributed by atoms with Crippen LogP contribution in [0.3, 0.4) is 0 Å². The van der Waals surface area contributed by atoms with Crippen LogP contribution in [0.2, 0.25) is 0 Å². The van der Waals surface area contributed by atoms with Crippen molar-refractivity contribution in [1.82, 2.24) is 30.4 Å². The molecule has 0 bridgehead atoms. The van der Waals surface area contributed by atoms with E-state index in [1.54, 1.807) is 24.8 Å². The molecule has 0 saturated heterocycles. The zero-order valence-corrected chi connectivity index (χ0v) is 11.7. The van der Waals surface area contributed by atoms with Crippen LogP contribution in [0.1, 0.15) is 0 Å². The largest absolute Gasteiger partial charge is 0.380 e. The summed E-state index contributed by atoms with van der Waals surface area (Å²) in [6, 6.07) is 0. The van der Waals surface area contributed by atoms with E-state index in [9.17, 15) is 0 Å². The molecular formula is C10H12N6OS2. The molecule has 0 aliphatic carbocycles. The average molecular weight is 296 g/mol. The van der Waals surface area contributed by atoms with Gasteiger partial charge in [-0.15, -0.1) is 10.2 Å². The Morgan fingerprint density at radius 1 is 0.789 bits per heavy atom. The Balaban J connectivity index is 1.49. The fourth-order valence-electron chi connectivity index (χ4n) is 1.09. The first kappa shape index (κ1) is 14.1. The second kappa shape index (κ2) is 8.73. The molecule has 0 saturated carbocycles. The van der Waals surface area contributed by atoms with Crippen molar-refractivity contribution in [2.24, 2.45) is 0 Å². The highest BCUT2D eigenvalue weighted by atomic mass is 32.2. The van der Waals surface area contributed by atoms with Gasteiger partial charge in [0.25, 0.3) is 0 Å². The highest BCUT2D eigenvalue weighted by Gasteiger charge is 1.98. The molecule has 0 unspecified atom stereocenters. The summed E-state index contributed by atoms with van der Waals surface area (Å²) < 4.78 is 5.48. The van der Waals surface area contributed by atoms with E-state index in [0.717, 1.165) is 11.5 Å². The summed E-state index contributed by atoms with van der Waals surface area (Å²) >= 11 is 3.05. The topological polar surface area (TPSA) is 86.6 Å². The first-order valence-electron chi connectivity index (χ1n) is 5.56. The number of rotatable bonds is 8. The number of thioether (sulfide) groups is 2. The van der Waals surface area contributed by atoms with Crippen molar-refractivity contribution in [3.8, 4) is 0 Å². The van der Waals surface area contributed by atoms with Gasteiger partial charge in [0.1, 0.15) is 0 Å². The molecule has 9 heteroatoms. The van der Waals surface area contributed by atoms with Crippen molar-refractivity contribution < 1.29 is 4.74 Å². The van der Waals surface area contributed by atoms with Crippen molar-refractivity contribution >= 4 is 23.5 Å². The normalized spacial score (nSPS) is 10.5. The summed E-state index contributed by atoms with van der Waals surface area (Å²) in [5.74, 6) is 1.61. The summed E-state index contributed by atoms with van der Waals surface area (Å²) in [6.45, 7) is 1.30. The molecule has 7 nitrogen and oxygen atoms in total. The summed E-state index contributed by atoms with van der Waals surface area (Å²) in [5, 5.41) is 16.6. The van der Waals surface area contributed by atoms with E-state index in [-0.39, 0.29) is 0 Å². The molecule has 2 rings (SSSR count). The van der Waals surface area contributed by atoms with E-state index >= 15 is 0 Å². The molecular weight excluding hydrogens is 284 g/mol. The van der Waals surface area contributed by atoms with Crippen LogP contribution in [0.25, 0.3) is 0 Å². The van der Waals surface area contributed by atoms with Gasteiger partial charge in [-0.25, -0.2) is 9.97 Å². The summed E-state index contributed by atoms with van der Waals surface area (Å²) in [7, 11) is 0. The van der Waals surface area contributed by atoms with E-state index in [1.807, 2.05) is 0 Å². The molecule has 0 aromatic carbocycles. The molecule has 0 N–H and O–H groups in total. The van der Waals surface area contributed by atoms with Crippen LogP contribution in [0.5, 0.6) is 0 Å². The van der Waals surface area contributed by atoms with Gasteiger partial charge >= 0.3 is 0 Å². The van der Waals surface area contributed by atoms with E-state index in [1.165, 1.54) is 23.5 Å². The molecule has 0 fully saturated rings. The van der Waals surface area contributed by atoms with Gasteiger partial charge in [-0.2, -0.15) is 10.2 Å². The van der Waals surface area contributed by atoms with Gasteiger partial charge in [-0.3, -0.25) is 0 Å². The lowest BCUT2D eigenvalue weighted by Crippen LogP contribution is -2.02. The van der Waals surface area contributed by atoms with E-state index in [2.05, 4.69) is 30.4 Å². The van der Waals surface area contributed by atoms with Crippen LogP contribution >= 0.6 is 23.5 Å².